The minimum absolute atomic E-state index is 0.171. The van der Waals surface area contributed by atoms with Crippen LogP contribution in [0.25, 0.3) is 5.65 Å². The van der Waals surface area contributed by atoms with Gasteiger partial charge in [0.05, 0.1) is 0 Å². The number of tetrazole rings is 1. The van der Waals surface area contributed by atoms with E-state index >= 15 is 0 Å². The molecule has 7 heteroatoms. The summed E-state index contributed by atoms with van der Waals surface area (Å²) in [5.74, 6) is -0.171. The average Bonchev–Trinajstić information content (AvgIpc) is 2.99. The van der Waals surface area contributed by atoms with E-state index < -0.39 is 0 Å². The lowest BCUT2D eigenvalue weighted by molar-refractivity contribution is 0.102. The Morgan fingerprint density at radius 2 is 1.81 bits per heavy atom. The molecule has 1 N–H and O–H groups in total. The van der Waals surface area contributed by atoms with Crippen molar-refractivity contribution in [3.63, 3.8) is 0 Å². The number of pyridine rings is 1. The second-order valence-electron chi connectivity index (χ2n) is 6.74. The molecule has 4 rings (SSSR count). The second-order valence-corrected chi connectivity index (χ2v) is 6.74. The van der Waals surface area contributed by atoms with Crippen LogP contribution >= 0.6 is 0 Å². The number of nitrogens with one attached hydrogen (secondary N) is 1. The Morgan fingerprint density at radius 1 is 1.04 bits per heavy atom. The molecule has 26 heavy (non-hydrogen) atoms. The zero-order chi connectivity index (χ0) is 17.8. The number of fused-ring (bicyclic) bond motifs is 1. The van der Waals surface area contributed by atoms with Gasteiger partial charge >= 0.3 is 0 Å². The summed E-state index contributed by atoms with van der Waals surface area (Å²) >= 11 is 0. The maximum atomic E-state index is 12.4. The smallest absolute Gasteiger partial charge is 0.255 e. The third-order valence-electron chi connectivity index (χ3n) is 4.78. The fraction of sp³-hybridized carbons (Fsp3) is 0.368. The number of nitrogens with zero attached hydrogens (tertiary/aromatic N) is 5. The monoisotopic (exact) mass is 350 g/mol. The van der Waals surface area contributed by atoms with Gasteiger partial charge in [-0.25, -0.2) is 4.52 Å². The first-order valence-corrected chi connectivity index (χ1v) is 9.08. The van der Waals surface area contributed by atoms with Crippen LogP contribution in [0.3, 0.4) is 0 Å². The molecule has 0 atom stereocenters. The fourth-order valence-electron chi connectivity index (χ4n) is 3.33. The van der Waals surface area contributed by atoms with Crippen molar-refractivity contribution in [3.8, 4) is 0 Å². The van der Waals surface area contributed by atoms with E-state index in [1.54, 1.807) is 18.3 Å². The predicted molar refractivity (Wildman–Crippen MR) is 98.9 cm³/mol. The number of carbonyl (C=O) groups is 1. The van der Waals surface area contributed by atoms with Gasteiger partial charge in [-0.1, -0.05) is 25.0 Å². The number of amides is 1. The van der Waals surface area contributed by atoms with Gasteiger partial charge in [-0.05, 0) is 66.2 Å². The number of hydrogen-bond donors (Lipinski definition) is 1. The first-order valence-electron chi connectivity index (χ1n) is 9.08. The Bertz CT molecular complexity index is 880. The first-order chi connectivity index (χ1) is 12.8. The van der Waals surface area contributed by atoms with E-state index in [9.17, 15) is 4.79 Å². The third kappa shape index (κ3) is 3.88. The van der Waals surface area contributed by atoms with Crippen LogP contribution in [0.15, 0.2) is 42.6 Å². The Labute approximate surface area is 152 Å². The van der Waals surface area contributed by atoms with Gasteiger partial charge in [0.1, 0.15) is 0 Å². The SMILES string of the molecule is O=C(Nc1ccc(CN2CCCCCC2)cc1)c1ccn2nnnc2c1. The van der Waals surface area contributed by atoms with Crippen molar-refractivity contribution in [1.82, 2.24) is 24.9 Å². The predicted octanol–water partition coefficient (Wildman–Crippen LogP) is 2.75. The van der Waals surface area contributed by atoms with Crippen LogP contribution in [0.1, 0.15) is 41.6 Å². The molecule has 7 nitrogen and oxygen atoms in total. The maximum absolute atomic E-state index is 12.4. The molecule has 134 valence electrons. The Hall–Kier alpha value is -2.80. The van der Waals surface area contributed by atoms with Crippen LogP contribution < -0.4 is 5.32 Å². The molecule has 1 aromatic carbocycles. The summed E-state index contributed by atoms with van der Waals surface area (Å²) in [6, 6.07) is 11.5. The van der Waals surface area contributed by atoms with E-state index in [2.05, 4.69) is 37.9 Å². The van der Waals surface area contributed by atoms with E-state index in [4.69, 9.17) is 0 Å². The molecule has 3 aromatic rings. The molecule has 0 spiro atoms. The highest BCUT2D eigenvalue weighted by molar-refractivity contribution is 6.04. The van der Waals surface area contributed by atoms with E-state index in [0.717, 1.165) is 12.2 Å². The van der Waals surface area contributed by atoms with Gasteiger partial charge in [-0.2, -0.15) is 0 Å². The Balaban J connectivity index is 1.39. The maximum Gasteiger partial charge on any atom is 0.255 e. The van der Waals surface area contributed by atoms with Gasteiger partial charge in [0.15, 0.2) is 5.65 Å². The lowest BCUT2D eigenvalue weighted by Crippen LogP contribution is -2.23. The summed E-state index contributed by atoms with van der Waals surface area (Å²) < 4.78 is 1.52. The van der Waals surface area contributed by atoms with Gasteiger partial charge in [0.25, 0.3) is 5.91 Å². The number of anilines is 1. The van der Waals surface area contributed by atoms with Crippen molar-refractivity contribution >= 4 is 17.2 Å². The highest BCUT2D eigenvalue weighted by Crippen LogP contribution is 2.16. The second kappa shape index (κ2) is 7.61. The first kappa shape index (κ1) is 16.7. The molecule has 1 aliphatic heterocycles. The zero-order valence-corrected chi connectivity index (χ0v) is 14.6. The van der Waals surface area contributed by atoms with Gasteiger partial charge in [0.2, 0.25) is 0 Å². The Morgan fingerprint density at radius 3 is 2.58 bits per heavy atom. The zero-order valence-electron chi connectivity index (χ0n) is 14.6. The van der Waals surface area contributed by atoms with Crippen LogP contribution in [0.2, 0.25) is 0 Å². The summed E-state index contributed by atoms with van der Waals surface area (Å²) in [4.78, 5) is 14.9. The lowest BCUT2D eigenvalue weighted by Gasteiger charge is -2.19. The van der Waals surface area contributed by atoms with Crippen molar-refractivity contribution < 1.29 is 4.79 Å². The highest BCUT2D eigenvalue weighted by Gasteiger charge is 2.11. The number of carbonyl (C=O) groups excluding carboxylic acids is 1. The average molecular weight is 350 g/mol. The molecule has 1 saturated heterocycles. The molecule has 1 amide bonds. The van der Waals surface area contributed by atoms with Gasteiger partial charge in [-0.15, -0.1) is 5.10 Å². The van der Waals surface area contributed by atoms with E-state index in [-0.39, 0.29) is 5.91 Å². The third-order valence-corrected chi connectivity index (χ3v) is 4.78. The number of aromatic nitrogens is 4. The molecule has 0 saturated carbocycles. The van der Waals surface area contributed by atoms with E-state index in [1.165, 1.54) is 48.9 Å². The molecule has 0 aliphatic carbocycles. The summed E-state index contributed by atoms with van der Waals surface area (Å²) in [5.41, 5.74) is 3.14. The van der Waals surface area contributed by atoms with E-state index in [1.807, 2.05) is 12.1 Å². The van der Waals surface area contributed by atoms with Crippen molar-refractivity contribution in [3.05, 3.63) is 53.7 Å². The van der Waals surface area contributed by atoms with Crippen LogP contribution in [-0.2, 0) is 6.54 Å². The fourth-order valence-corrected chi connectivity index (χ4v) is 3.33. The summed E-state index contributed by atoms with van der Waals surface area (Å²) in [7, 11) is 0. The van der Waals surface area contributed by atoms with Gasteiger partial charge in [0, 0.05) is 24.0 Å². The van der Waals surface area contributed by atoms with Crippen molar-refractivity contribution in [2.45, 2.75) is 32.2 Å². The molecule has 1 fully saturated rings. The van der Waals surface area contributed by atoms with Crippen LogP contribution in [0, 0.1) is 0 Å². The molecule has 3 heterocycles. The van der Waals surface area contributed by atoms with Gasteiger partial charge in [-0.3, -0.25) is 9.69 Å². The largest absolute Gasteiger partial charge is 0.322 e. The topological polar surface area (TPSA) is 75.4 Å². The number of hydrogen-bond acceptors (Lipinski definition) is 5. The molecule has 0 radical (unpaired) electrons. The van der Waals surface area contributed by atoms with Crippen LogP contribution in [-0.4, -0.2) is 43.9 Å². The molecule has 0 bridgehead atoms. The van der Waals surface area contributed by atoms with E-state index in [0.29, 0.717) is 11.2 Å². The normalized spacial score (nSPS) is 15.7. The summed E-state index contributed by atoms with van der Waals surface area (Å²) in [6.45, 7) is 3.34. The standard InChI is InChI=1S/C19H22N6O/c26-19(16-9-12-25-18(13-16)21-22-23-25)20-17-7-5-15(6-8-17)14-24-10-3-1-2-4-11-24/h5-9,12-13H,1-4,10-11,14H2,(H,20,26). The number of benzene rings is 1. The highest BCUT2D eigenvalue weighted by atomic mass is 16.1. The number of likely N-dealkylation sites (tertiary alicyclic amines) is 1. The summed E-state index contributed by atoms with van der Waals surface area (Å²) in [6.07, 6.45) is 6.95. The van der Waals surface area contributed by atoms with Crippen LogP contribution in [0.5, 0.6) is 0 Å². The minimum Gasteiger partial charge on any atom is -0.322 e. The Kier molecular flexibility index (Phi) is 4.88. The minimum atomic E-state index is -0.171. The molecular formula is C19H22N6O. The van der Waals surface area contributed by atoms with Crippen molar-refractivity contribution in [2.75, 3.05) is 18.4 Å². The molecule has 1 aliphatic rings. The molecule has 0 unspecified atom stereocenters. The number of rotatable bonds is 4. The summed E-state index contributed by atoms with van der Waals surface area (Å²) in [5, 5.41) is 14.1. The molecule has 2 aromatic heterocycles. The van der Waals surface area contributed by atoms with Crippen molar-refractivity contribution in [2.24, 2.45) is 0 Å². The quantitative estimate of drug-likeness (QED) is 0.783. The molecular weight excluding hydrogens is 328 g/mol. The lowest BCUT2D eigenvalue weighted by atomic mass is 10.1. The van der Waals surface area contributed by atoms with Gasteiger partial charge < -0.3 is 5.32 Å². The van der Waals surface area contributed by atoms with Crippen molar-refractivity contribution in [1.29, 1.82) is 0 Å². The van der Waals surface area contributed by atoms with Crippen LogP contribution in [0.4, 0.5) is 5.69 Å².